The van der Waals surface area contributed by atoms with Crippen molar-refractivity contribution in [1.29, 1.82) is 0 Å². The van der Waals surface area contributed by atoms with Gasteiger partial charge in [-0.1, -0.05) is 331 Å². The number of nitrogens with zero attached hydrogens (tertiary/aromatic N) is 2. The smallest absolute Gasteiger partial charge is 0.0546 e. The molecular weight excluding hydrogens is 1300 g/mol. The van der Waals surface area contributed by atoms with E-state index in [4.69, 9.17) is 0 Å². The quantitative estimate of drug-likeness (QED) is 0.106. The SMILES string of the molecule is CC1(C)c2ccccc2-c2ccc(N(c3ccc(-c4ccc(-c5ccccc5)cc4)c(-c4ccccc4)c3)c3cc4cc(-c5cccc(-c6cc(-c7ccccc7)cc(N(c7ccc8c(c7)C(C)(C)c7cc(-c9ccccc9)ccc7-8)c7cc8ccccc8c8ccccc78)c6)c5)ccc4c4ccccc34)cc21. The van der Waals surface area contributed by atoms with E-state index in [0.29, 0.717) is 0 Å². The van der Waals surface area contributed by atoms with Crippen molar-refractivity contribution in [2.24, 2.45) is 0 Å². The molecule has 2 heteroatoms. The number of rotatable bonds is 13. The van der Waals surface area contributed by atoms with Gasteiger partial charge in [0.1, 0.15) is 0 Å². The van der Waals surface area contributed by atoms with Gasteiger partial charge in [0.15, 0.2) is 0 Å². The third-order valence-corrected chi connectivity index (χ3v) is 23.4. The largest absolute Gasteiger partial charge is 0.310 e. The summed E-state index contributed by atoms with van der Waals surface area (Å²) in [7, 11) is 0. The highest BCUT2D eigenvalue weighted by atomic mass is 15.2. The third kappa shape index (κ3) is 10.8. The van der Waals surface area contributed by atoms with Gasteiger partial charge in [-0.15, -0.1) is 0 Å². The maximum absolute atomic E-state index is 2.54. The van der Waals surface area contributed by atoms with Crippen molar-refractivity contribution in [1.82, 2.24) is 0 Å². The van der Waals surface area contributed by atoms with Crippen molar-refractivity contribution in [3.8, 4) is 100 Å². The Kier molecular flexibility index (Phi) is 15.3. The molecule has 0 bridgehead atoms. The molecule has 0 saturated heterocycles. The first-order valence-corrected chi connectivity index (χ1v) is 37.8. The summed E-state index contributed by atoms with van der Waals surface area (Å²) >= 11 is 0. The summed E-state index contributed by atoms with van der Waals surface area (Å²) < 4.78 is 0. The number of hydrogen-bond donors (Lipinski definition) is 0. The molecule has 18 aromatic carbocycles. The van der Waals surface area contributed by atoms with Gasteiger partial charge in [0.25, 0.3) is 0 Å². The van der Waals surface area contributed by atoms with Crippen LogP contribution in [-0.4, -0.2) is 0 Å². The van der Waals surface area contributed by atoms with Gasteiger partial charge in [0.05, 0.1) is 11.4 Å². The fraction of sp³-hybridized carbons (Fsp3) is 0.0566. The lowest BCUT2D eigenvalue weighted by molar-refractivity contribution is 0.660. The average Bonchev–Trinajstić information content (AvgIpc) is 1.57. The van der Waals surface area contributed by atoms with Crippen LogP contribution < -0.4 is 9.80 Å². The van der Waals surface area contributed by atoms with E-state index in [9.17, 15) is 0 Å². The first kappa shape index (κ1) is 64.2. The van der Waals surface area contributed by atoms with Crippen molar-refractivity contribution in [2.75, 3.05) is 9.80 Å². The molecule has 20 rings (SSSR count). The summed E-state index contributed by atoms with van der Waals surface area (Å²) in [6, 6.07) is 145. The Morgan fingerprint density at radius 1 is 0.167 bits per heavy atom. The number of anilines is 6. The van der Waals surface area contributed by atoms with E-state index in [-0.39, 0.29) is 10.8 Å². The Labute approximate surface area is 632 Å². The maximum atomic E-state index is 2.54. The summed E-state index contributed by atoms with van der Waals surface area (Å²) in [5, 5.41) is 9.58. The molecule has 2 nitrogen and oxygen atoms in total. The molecule has 0 saturated carbocycles. The molecule has 0 unspecified atom stereocenters. The molecule has 0 fully saturated rings. The van der Waals surface area contributed by atoms with E-state index >= 15 is 0 Å². The zero-order valence-corrected chi connectivity index (χ0v) is 60.8. The Morgan fingerprint density at radius 3 is 1.14 bits per heavy atom. The van der Waals surface area contributed by atoms with Crippen molar-refractivity contribution < 1.29 is 0 Å². The Hall–Kier alpha value is -13.4. The fourth-order valence-electron chi connectivity index (χ4n) is 17.9. The number of hydrogen-bond acceptors (Lipinski definition) is 2. The van der Waals surface area contributed by atoms with Gasteiger partial charge in [-0.05, 0) is 240 Å². The molecule has 108 heavy (non-hydrogen) atoms. The second-order valence-corrected chi connectivity index (χ2v) is 30.3. The number of benzene rings is 18. The van der Waals surface area contributed by atoms with Gasteiger partial charge >= 0.3 is 0 Å². The molecule has 0 radical (unpaired) electrons. The van der Waals surface area contributed by atoms with Gasteiger partial charge in [-0.3, -0.25) is 0 Å². The molecule has 2 aliphatic rings. The summed E-state index contributed by atoms with van der Waals surface area (Å²) in [5.41, 5.74) is 33.0. The zero-order chi connectivity index (χ0) is 72.2. The van der Waals surface area contributed by atoms with Crippen LogP contribution in [0.25, 0.3) is 143 Å². The second-order valence-electron chi connectivity index (χ2n) is 30.3. The Bertz CT molecular complexity index is 6590. The highest BCUT2D eigenvalue weighted by Gasteiger charge is 2.38. The molecule has 0 aromatic heterocycles. The summed E-state index contributed by atoms with van der Waals surface area (Å²) in [6.45, 7) is 9.58. The lowest BCUT2D eigenvalue weighted by Gasteiger charge is -2.30. The molecule has 0 aliphatic heterocycles. The van der Waals surface area contributed by atoms with Crippen molar-refractivity contribution in [2.45, 2.75) is 38.5 Å². The molecule has 2 aliphatic carbocycles. The first-order valence-electron chi connectivity index (χ1n) is 37.8. The molecular formula is C106H76N2. The summed E-state index contributed by atoms with van der Waals surface area (Å²) in [6.07, 6.45) is 0. The minimum atomic E-state index is -0.277. The predicted molar refractivity (Wildman–Crippen MR) is 459 cm³/mol. The molecule has 0 amide bonds. The molecule has 0 N–H and O–H groups in total. The topological polar surface area (TPSA) is 6.48 Å². The molecule has 18 aromatic rings. The fourth-order valence-corrected chi connectivity index (χ4v) is 17.9. The van der Waals surface area contributed by atoms with Gasteiger partial charge in [-0.25, -0.2) is 0 Å². The number of fused-ring (bicyclic) bond motifs is 12. The zero-order valence-electron chi connectivity index (χ0n) is 60.8. The van der Waals surface area contributed by atoms with Gasteiger partial charge in [0.2, 0.25) is 0 Å². The minimum Gasteiger partial charge on any atom is -0.310 e. The van der Waals surface area contributed by atoms with E-state index in [1.807, 2.05) is 0 Å². The highest BCUT2D eigenvalue weighted by Crippen LogP contribution is 2.56. The van der Waals surface area contributed by atoms with Crippen LogP contribution in [0.1, 0.15) is 49.9 Å². The van der Waals surface area contributed by atoms with Crippen molar-refractivity contribution >= 4 is 77.2 Å². The highest BCUT2D eigenvalue weighted by molar-refractivity contribution is 6.17. The van der Waals surface area contributed by atoms with E-state index in [1.54, 1.807) is 0 Å². The van der Waals surface area contributed by atoms with E-state index in [1.165, 1.54) is 121 Å². The molecule has 510 valence electrons. The van der Waals surface area contributed by atoms with Gasteiger partial charge in [0, 0.05) is 44.4 Å². The average molecular weight is 1380 g/mol. The third-order valence-electron chi connectivity index (χ3n) is 23.4. The minimum absolute atomic E-state index is 0.217. The second kappa shape index (κ2) is 25.7. The standard InChI is InChI=1S/C106H76N2/c1-105(2)99-43-24-23-40-92(99)94-56-51-84(67-101(94)105)107(83-50-55-88(98(66-83)73-32-15-8-16-33-73)74-46-44-72(45-47-74)69-26-9-5-10-27-69)104-65-82-59-77(48-53-89(82)91-39-20-22-42-97(91)104)75-35-25-36-76(58-75)81-60-80(71-30-13-7-14-31-71)61-86(62-81)108(103-64-79-34-17-18-37-87(79)90-38-19-21-41-96(90)103)85-52-57-95-93-54-49-78(70-28-11-6-12-29-70)63-100(93)106(3,4)102(95)68-85/h5-68H,1-4H3. The molecule has 0 heterocycles. The Morgan fingerprint density at radius 2 is 0.519 bits per heavy atom. The maximum Gasteiger partial charge on any atom is 0.0546 e. The lowest BCUT2D eigenvalue weighted by atomic mass is 9.81. The first-order chi connectivity index (χ1) is 53.0. The summed E-state index contributed by atoms with van der Waals surface area (Å²) in [4.78, 5) is 5.08. The lowest BCUT2D eigenvalue weighted by Crippen LogP contribution is -2.17. The normalized spacial score (nSPS) is 13.0. The molecule has 0 atom stereocenters. The van der Waals surface area contributed by atoms with Crippen LogP contribution in [-0.2, 0) is 10.8 Å². The van der Waals surface area contributed by atoms with Gasteiger partial charge in [-0.2, -0.15) is 0 Å². The van der Waals surface area contributed by atoms with E-state index < -0.39 is 0 Å². The monoisotopic (exact) mass is 1380 g/mol. The van der Waals surface area contributed by atoms with Gasteiger partial charge < -0.3 is 9.80 Å². The van der Waals surface area contributed by atoms with Crippen LogP contribution in [0, 0.1) is 0 Å². The predicted octanol–water partition coefficient (Wildman–Crippen LogP) is 29.5. The van der Waals surface area contributed by atoms with E-state index in [0.717, 1.165) is 78.5 Å². The van der Waals surface area contributed by atoms with Crippen molar-refractivity contribution in [3.63, 3.8) is 0 Å². The van der Waals surface area contributed by atoms with Crippen LogP contribution in [0.5, 0.6) is 0 Å². The van der Waals surface area contributed by atoms with Crippen LogP contribution in [0.3, 0.4) is 0 Å². The van der Waals surface area contributed by atoms with E-state index in [2.05, 4.69) is 426 Å². The van der Waals surface area contributed by atoms with Crippen LogP contribution in [0.4, 0.5) is 34.1 Å². The molecule has 0 spiro atoms. The van der Waals surface area contributed by atoms with Crippen LogP contribution in [0.2, 0.25) is 0 Å². The van der Waals surface area contributed by atoms with Crippen LogP contribution >= 0.6 is 0 Å². The van der Waals surface area contributed by atoms with Crippen LogP contribution in [0.15, 0.2) is 388 Å². The van der Waals surface area contributed by atoms with Crippen molar-refractivity contribution in [3.05, 3.63) is 411 Å². The summed E-state index contributed by atoms with van der Waals surface area (Å²) in [5.74, 6) is 0. The Balaban J connectivity index is 0.745.